The van der Waals surface area contributed by atoms with Crippen LogP contribution in [0.4, 0.5) is 4.79 Å². The summed E-state index contributed by atoms with van der Waals surface area (Å²) in [5, 5.41) is 9.49. The Kier molecular flexibility index (Phi) is 9.68. The smallest absolute Gasteiger partial charge is 0.407 e. The number of nitrogens with zero attached hydrogens (tertiary/aromatic N) is 1. The zero-order chi connectivity index (χ0) is 18.0. The van der Waals surface area contributed by atoms with Crippen molar-refractivity contribution in [1.82, 2.24) is 16.0 Å². The molecule has 6 heteroatoms. The Bertz CT molecular complexity index is 375. The molecule has 0 rings (SSSR count). The van der Waals surface area contributed by atoms with E-state index in [0.717, 1.165) is 18.9 Å². The van der Waals surface area contributed by atoms with Crippen molar-refractivity contribution in [2.75, 3.05) is 13.1 Å². The molecule has 2 atom stereocenters. The summed E-state index contributed by atoms with van der Waals surface area (Å²) in [5.41, 5.74) is -0.498. The highest BCUT2D eigenvalue weighted by Crippen LogP contribution is 2.09. The van der Waals surface area contributed by atoms with Gasteiger partial charge >= 0.3 is 6.09 Å². The van der Waals surface area contributed by atoms with Crippen LogP contribution in [0.15, 0.2) is 4.99 Å². The van der Waals surface area contributed by atoms with Crippen LogP contribution in [0, 0.1) is 5.92 Å². The summed E-state index contributed by atoms with van der Waals surface area (Å²) in [7, 11) is 0. The quantitative estimate of drug-likeness (QED) is 0.496. The summed E-state index contributed by atoms with van der Waals surface area (Å²) < 4.78 is 5.32. The van der Waals surface area contributed by atoms with E-state index in [0.29, 0.717) is 12.6 Å². The maximum atomic E-state index is 12.0. The summed E-state index contributed by atoms with van der Waals surface area (Å²) in [5.74, 6) is 1.04. The first-order valence-corrected chi connectivity index (χ1v) is 8.63. The summed E-state index contributed by atoms with van der Waals surface area (Å²) in [4.78, 5) is 16.6. The normalized spacial score (nSPS) is 15.1. The molecule has 23 heavy (non-hydrogen) atoms. The number of ether oxygens (including phenoxy) is 1. The highest BCUT2D eigenvalue weighted by atomic mass is 16.6. The summed E-state index contributed by atoms with van der Waals surface area (Å²) in [6.45, 7) is 17.3. The van der Waals surface area contributed by atoms with Gasteiger partial charge in [0.15, 0.2) is 5.96 Å². The van der Waals surface area contributed by atoms with Crippen molar-refractivity contribution < 1.29 is 9.53 Å². The first-order valence-electron chi connectivity index (χ1n) is 8.63. The minimum Gasteiger partial charge on any atom is -0.444 e. The maximum Gasteiger partial charge on any atom is 0.407 e. The monoisotopic (exact) mass is 328 g/mol. The van der Waals surface area contributed by atoms with Gasteiger partial charge in [-0.05, 0) is 47.0 Å². The van der Waals surface area contributed by atoms with Crippen molar-refractivity contribution in [1.29, 1.82) is 0 Å². The van der Waals surface area contributed by atoms with Crippen molar-refractivity contribution in [2.45, 2.75) is 79.5 Å². The lowest BCUT2D eigenvalue weighted by molar-refractivity contribution is 0.0493. The van der Waals surface area contributed by atoms with Crippen molar-refractivity contribution in [3.05, 3.63) is 0 Å². The van der Waals surface area contributed by atoms with E-state index in [4.69, 9.17) is 4.74 Å². The van der Waals surface area contributed by atoms with E-state index in [1.54, 1.807) is 0 Å². The van der Waals surface area contributed by atoms with Crippen LogP contribution in [0.5, 0.6) is 0 Å². The number of alkyl carbamates (subject to hydrolysis) is 1. The van der Waals surface area contributed by atoms with Crippen LogP contribution >= 0.6 is 0 Å². The van der Waals surface area contributed by atoms with Gasteiger partial charge in [0.2, 0.25) is 0 Å². The molecule has 0 radical (unpaired) electrons. The fraction of sp³-hybridized carbons (Fsp3) is 0.882. The van der Waals surface area contributed by atoms with Crippen molar-refractivity contribution in [3.8, 4) is 0 Å². The van der Waals surface area contributed by atoms with Gasteiger partial charge in [-0.1, -0.05) is 20.8 Å². The Labute approximate surface area is 141 Å². The number of nitrogens with one attached hydrogen (secondary N) is 3. The Morgan fingerprint density at radius 2 is 1.74 bits per heavy atom. The number of aliphatic imine (C=N–C) groups is 1. The molecule has 0 aliphatic carbocycles. The van der Waals surface area contributed by atoms with Gasteiger partial charge in [0.25, 0.3) is 0 Å². The third-order valence-electron chi connectivity index (χ3n) is 3.29. The summed E-state index contributed by atoms with van der Waals surface area (Å²) in [6.07, 6.45) is 0.625. The van der Waals surface area contributed by atoms with Gasteiger partial charge < -0.3 is 20.7 Å². The third kappa shape index (κ3) is 10.8. The minimum absolute atomic E-state index is 0.0720. The number of carbonyl (C=O) groups excluding carboxylic acids is 1. The Hall–Kier alpha value is -1.46. The molecule has 0 aliphatic rings. The number of guanidine groups is 1. The van der Waals surface area contributed by atoms with E-state index < -0.39 is 11.7 Å². The second-order valence-corrected chi connectivity index (χ2v) is 7.17. The molecule has 1 amide bonds. The average Bonchev–Trinajstić information content (AvgIpc) is 2.40. The Balaban J connectivity index is 4.76. The lowest BCUT2D eigenvalue weighted by Crippen LogP contribution is -2.46. The van der Waals surface area contributed by atoms with E-state index in [9.17, 15) is 4.79 Å². The molecule has 0 aromatic heterocycles. The molecule has 0 aromatic carbocycles. The van der Waals surface area contributed by atoms with Crippen LogP contribution in [0.25, 0.3) is 0 Å². The summed E-state index contributed by atoms with van der Waals surface area (Å²) in [6, 6.07) is 0.279. The number of hydrogen-bond acceptors (Lipinski definition) is 3. The first-order chi connectivity index (χ1) is 10.6. The molecular weight excluding hydrogens is 292 g/mol. The first kappa shape index (κ1) is 21.5. The molecule has 3 N–H and O–H groups in total. The molecule has 2 unspecified atom stereocenters. The summed E-state index contributed by atoms with van der Waals surface area (Å²) >= 11 is 0. The van der Waals surface area contributed by atoms with Crippen LogP contribution in [-0.2, 0) is 4.74 Å². The zero-order valence-corrected chi connectivity index (χ0v) is 16.1. The number of rotatable bonds is 7. The van der Waals surface area contributed by atoms with Gasteiger partial charge in [-0.25, -0.2) is 4.79 Å². The largest absolute Gasteiger partial charge is 0.444 e. The van der Waals surface area contributed by atoms with Crippen molar-refractivity contribution in [2.24, 2.45) is 10.9 Å². The topological polar surface area (TPSA) is 74.8 Å². The van der Waals surface area contributed by atoms with E-state index in [2.05, 4.69) is 48.6 Å². The fourth-order valence-corrected chi connectivity index (χ4v) is 1.73. The van der Waals surface area contributed by atoms with Gasteiger partial charge in [-0.15, -0.1) is 0 Å². The standard InChI is InChI=1S/C17H36N4O2/c1-9-13(5)20-15(18-10-2)19-11-14(12(3)4)21-16(22)23-17(6,7)8/h12-14H,9-11H2,1-8H3,(H,21,22)(H2,18,19,20). The van der Waals surface area contributed by atoms with E-state index >= 15 is 0 Å². The molecule has 0 fully saturated rings. The van der Waals surface area contributed by atoms with Gasteiger partial charge in [-0.3, -0.25) is 4.99 Å². The second-order valence-electron chi connectivity index (χ2n) is 7.17. The molecule has 0 aromatic rings. The lowest BCUT2D eigenvalue weighted by Gasteiger charge is -2.25. The Morgan fingerprint density at radius 1 is 1.13 bits per heavy atom. The lowest BCUT2D eigenvalue weighted by atomic mass is 10.1. The molecule has 0 spiro atoms. The van der Waals surface area contributed by atoms with E-state index in [1.165, 1.54) is 0 Å². The van der Waals surface area contributed by atoms with Gasteiger partial charge in [0.1, 0.15) is 5.60 Å². The average molecular weight is 329 g/mol. The van der Waals surface area contributed by atoms with Crippen LogP contribution in [-0.4, -0.2) is 42.8 Å². The molecule has 6 nitrogen and oxygen atoms in total. The van der Waals surface area contributed by atoms with E-state index in [-0.39, 0.29) is 12.0 Å². The SMILES string of the molecule is CCNC(=NCC(NC(=O)OC(C)(C)C)C(C)C)NC(C)CC. The maximum absolute atomic E-state index is 12.0. The molecule has 0 heterocycles. The van der Waals surface area contributed by atoms with Crippen molar-refractivity contribution in [3.63, 3.8) is 0 Å². The number of carbonyl (C=O) groups is 1. The third-order valence-corrected chi connectivity index (χ3v) is 3.29. The van der Waals surface area contributed by atoms with Crippen LogP contribution < -0.4 is 16.0 Å². The van der Waals surface area contributed by atoms with Gasteiger partial charge in [0.05, 0.1) is 12.6 Å². The van der Waals surface area contributed by atoms with Crippen LogP contribution in [0.2, 0.25) is 0 Å². The predicted octanol–water partition coefficient (Wildman–Crippen LogP) is 2.89. The minimum atomic E-state index is -0.498. The van der Waals surface area contributed by atoms with E-state index in [1.807, 2.05) is 27.7 Å². The molecular formula is C17H36N4O2. The molecule has 136 valence electrons. The van der Waals surface area contributed by atoms with Crippen molar-refractivity contribution >= 4 is 12.1 Å². The predicted molar refractivity (Wildman–Crippen MR) is 96.9 cm³/mol. The Morgan fingerprint density at radius 3 is 2.17 bits per heavy atom. The second kappa shape index (κ2) is 10.3. The van der Waals surface area contributed by atoms with Crippen LogP contribution in [0.3, 0.4) is 0 Å². The molecule has 0 saturated heterocycles. The number of amides is 1. The van der Waals surface area contributed by atoms with Gasteiger partial charge in [0, 0.05) is 12.6 Å². The zero-order valence-electron chi connectivity index (χ0n) is 16.1. The van der Waals surface area contributed by atoms with Gasteiger partial charge in [-0.2, -0.15) is 0 Å². The molecule has 0 bridgehead atoms. The molecule has 0 saturated carbocycles. The highest BCUT2D eigenvalue weighted by molar-refractivity contribution is 5.80. The number of hydrogen-bond donors (Lipinski definition) is 3. The fourth-order valence-electron chi connectivity index (χ4n) is 1.73. The highest BCUT2D eigenvalue weighted by Gasteiger charge is 2.21. The van der Waals surface area contributed by atoms with Crippen LogP contribution in [0.1, 0.15) is 61.8 Å². The molecule has 0 aliphatic heterocycles.